The molecule has 2 rings (SSSR count). The summed E-state index contributed by atoms with van der Waals surface area (Å²) in [5.41, 5.74) is 0. The summed E-state index contributed by atoms with van der Waals surface area (Å²) in [7, 11) is 0. The van der Waals surface area contributed by atoms with E-state index in [1.54, 1.807) is 0 Å². The zero-order valence-corrected chi connectivity index (χ0v) is 25.4. The zero-order chi connectivity index (χ0) is 27.6. The van der Waals surface area contributed by atoms with E-state index in [9.17, 15) is 29.4 Å². The zero-order valence-electron chi connectivity index (χ0n) is 22.5. The number of ether oxygens (including phenoxy) is 2. The van der Waals surface area contributed by atoms with E-state index >= 15 is 0 Å². The number of esters is 2. The Labute approximate surface area is 240 Å². The quantitative estimate of drug-likeness (QED) is 0.196. The van der Waals surface area contributed by atoms with Gasteiger partial charge in [-0.1, -0.05) is 66.2 Å². The fraction of sp³-hybridized carbons (Fsp3) is 0.643. The van der Waals surface area contributed by atoms with E-state index in [0.29, 0.717) is 12.2 Å². The first kappa shape index (κ1) is 39.7. The van der Waals surface area contributed by atoms with E-state index in [2.05, 4.69) is 27.7 Å². The second-order valence-corrected chi connectivity index (χ2v) is 8.41. The van der Waals surface area contributed by atoms with Gasteiger partial charge in [-0.05, 0) is 51.4 Å². The van der Waals surface area contributed by atoms with Crippen molar-refractivity contribution in [2.45, 2.75) is 116 Å². The van der Waals surface area contributed by atoms with E-state index in [0.717, 1.165) is 76.4 Å². The molecule has 0 aromatic rings. The number of rotatable bonds is 8. The Morgan fingerprint density at radius 2 is 0.892 bits per heavy atom. The maximum atomic E-state index is 11.0. The van der Waals surface area contributed by atoms with Crippen LogP contribution < -0.4 is 0 Å². The number of carbonyl (C=O) groups is 4. The molecule has 0 atom stereocenters. The van der Waals surface area contributed by atoms with E-state index in [4.69, 9.17) is 9.47 Å². The molecular formula is C28H44O8Sn. The Balaban J connectivity index is -0.000000476. The average Bonchev–Trinajstić information content (AvgIpc) is 2.88. The van der Waals surface area contributed by atoms with Gasteiger partial charge in [0.15, 0.2) is 0 Å². The van der Waals surface area contributed by atoms with Gasteiger partial charge in [-0.15, -0.1) is 0 Å². The molecule has 2 aliphatic carbocycles. The van der Waals surface area contributed by atoms with Crippen LogP contribution in [0.2, 0.25) is 0 Å². The van der Waals surface area contributed by atoms with Crippen molar-refractivity contribution in [1.82, 2.24) is 0 Å². The Hall–Kier alpha value is -1.84. The summed E-state index contributed by atoms with van der Waals surface area (Å²) in [6, 6.07) is 0. The fourth-order valence-electron chi connectivity index (χ4n) is 3.05. The van der Waals surface area contributed by atoms with E-state index in [1.807, 2.05) is 0 Å². The van der Waals surface area contributed by atoms with Crippen LogP contribution in [0.5, 0.6) is 0 Å². The van der Waals surface area contributed by atoms with Gasteiger partial charge in [0.2, 0.25) is 0 Å². The fourth-order valence-corrected chi connectivity index (χ4v) is 3.05. The van der Waals surface area contributed by atoms with Crippen molar-refractivity contribution in [1.29, 1.82) is 0 Å². The van der Waals surface area contributed by atoms with Gasteiger partial charge in [-0.25, -0.2) is 29.4 Å². The molecule has 0 N–H and O–H groups in total. The first-order chi connectivity index (χ1) is 17.2. The van der Waals surface area contributed by atoms with E-state index in [-0.39, 0.29) is 36.1 Å². The number of carbonyl (C=O) groups excluding carboxylic acids is 4. The predicted octanol–water partition coefficient (Wildman–Crippen LogP) is 5.61. The van der Waals surface area contributed by atoms with Crippen molar-refractivity contribution < 1.29 is 38.9 Å². The molecule has 0 aliphatic heterocycles. The molecule has 2 saturated carbocycles. The maximum Gasteiger partial charge on any atom is 0.379 e. The molecule has 0 aromatic carbocycles. The van der Waals surface area contributed by atoms with Gasteiger partial charge in [-0.3, -0.25) is 0 Å². The molecule has 0 saturated heterocycles. The molecule has 208 valence electrons. The molecule has 0 heterocycles. The van der Waals surface area contributed by atoms with Crippen LogP contribution in [0.4, 0.5) is 0 Å². The second kappa shape index (κ2) is 28.7. The largest absolute Gasteiger partial charge is 0.459 e. The van der Waals surface area contributed by atoms with E-state index < -0.39 is 23.9 Å². The van der Waals surface area contributed by atoms with Crippen LogP contribution >= 0.6 is 0 Å². The molecule has 2 fully saturated rings. The molecule has 8 radical (unpaired) electrons. The van der Waals surface area contributed by atoms with Crippen molar-refractivity contribution >= 4 is 47.8 Å². The molecule has 0 spiro atoms. The minimum Gasteiger partial charge on any atom is -0.459 e. The Morgan fingerprint density at radius 1 is 0.622 bits per heavy atom. The Morgan fingerprint density at radius 3 is 1.11 bits per heavy atom. The summed E-state index contributed by atoms with van der Waals surface area (Å²) in [5, 5.41) is 20.0. The molecule has 9 heteroatoms. The van der Waals surface area contributed by atoms with Crippen molar-refractivity contribution in [2.24, 2.45) is 0 Å². The first-order valence-electron chi connectivity index (χ1n) is 13.0. The van der Waals surface area contributed by atoms with Crippen LogP contribution in [-0.4, -0.2) is 60.0 Å². The third kappa shape index (κ3) is 30.3. The Bertz CT molecular complexity index is 589. The van der Waals surface area contributed by atoms with Crippen molar-refractivity contribution in [3.8, 4) is 0 Å². The van der Waals surface area contributed by atoms with Gasteiger partial charge >= 0.3 is 23.9 Å². The number of hydrogen-bond donors (Lipinski definition) is 0. The van der Waals surface area contributed by atoms with Crippen LogP contribution in [0.3, 0.4) is 0 Å². The molecule has 0 amide bonds. The number of unbranched alkanes of at least 4 members (excludes halogenated alkanes) is 2. The topological polar surface area (TPSA) is 127 Å². The van der Waals surface area contributed by atoms with Crippen molar-refractivity contribution in [3.05, 3.63) is 38.2 Å². The van der Waals surface area contributed by atoms with Crippen LogP contribution in [-0.2, 0) is 38.9 Å². The molecule has 0 aromatic heterocycles. The second-order valence-electron chi connectivity index (χ2n) is 8.41. The van der Waals surface area contributed by atoms with Crippen LogP contribution in [0.1, 0.15) is 104 Å². The maximum absolute atomic E-state index is 11.0. The first-order valence-corrected chi connectivity index (χ1v) is 13.0. The van der Waals surface area contributed by atoms with Gasteiger partial charge in [0.1, 0.15) is 12.2 Å². The third-order valence-electron chi connectivity index (χ3n) is 5.09. The third-order valence-corrected chi connectivity index (χ3v) is 5.09. The van der Waals surface area contributed by atoms with Gasteiger partial charge in [0, 0.05) is 48.2 Å². The van der Waals surface area contributed by atoms with Gasteiger partial charge < -0.3 is 9.47 Å². The molecule has 0 unspecified atom stereocenters. The number of hydrogen-bond acceptors (Lipinski definition) is 6. The summed E-state index contributed by atoms with van der Waals surface area (Å²) < 4.78 is 10.0. The summed E-state index contributed by atoms with van der Waals surface area (Å²) in [6.07, 6.45) is 17.8. The Kier molecular flexibility index (Phi) is 30.8. The minimum absolute atomic E-state index is 0. The van der Waals surface area contributed by atoms with Gasteiger partial charge in [0.25, 0.3) is 0 Å². The van der Waals surface area contributed by atoms with Crippen LogP contribution in [0.25, 0.3) is 0 Å². The molecular weight excluding hydrogens is 583 g/mol. The molecule has 8 nitrogen and oxygen atoms in total. The standard InChI is InChI=1S/2C10H13O4.2C4H9.Sn/c2*11-9(12)6-7-10(13)14-8-4-2-1-3-5-8;2*1-3-4-2;/h2*6-8H,1-5H2;2*1,3-4H2,2H3;/b2*7-6-;;;. The van der Waals surface area contributed by atoms with Crippen molar-refractivity contribution in [3.63, 3.8) is 0 Å². The van der Waals surface area contributed by atoms with E-state index in [1.165, 1.54) is 25.7 Å². The normalized spacial score (nSPS) is 15.5. The molecule has 0 bridgehead atoms. The molecule has 2 aliphatic rings. The average molecular weight is 627 g/mol. The molecule has 37 heavy (non-hydrogen) atoms. The monoisotopic (exact) mass is 628 g/mol. The van der Waals surface area contributed by atoms with Gasteiger partial charge in [0.05, 0.1) is 0 Å². The van der Waals surface area contributed by atoms with Gasteiger partial charge in [-0.2, -0.15) is 0 Å². The minimum atomic E-state index is -1.38. The summed E-state index contributed by atoms with van der Waals surface area (Å²) in [4.78, 5) is 42.0. The summed E-state index contributed by atoms with van der Waals surface area (Å²) >= 11 is 0. The summed E-state index contributed by atoms with van der Waals surface area (Å²) in [6.45, 7) is 11.4. The van der Waals surface area contributed by atoms with Crippen molar-refractivity contribution in [2.75, 3.05) is 0 Å². The van der Waals surface area contributed by atoms with Crippen LogP contribution in [0, 0.1) is 13.8 Å². The smallest absolute Gasteiger partial charge is 0.379 e. The SMILES string of the molecule is [CH2]CCC.[CH2]CCC.[O]C(=O)/C=C\C(=O)OC1CCCCC1.[O]C(=O)/C=C\C(=O)OC1CCCCC1.[Sn]. The summed E-state index contributed by atoms with van der Waals surface area (Å²) in [5.74, 6) is -3.96. The predicted molar refractivity (Wildman–Crippen MR) is 142 cm³/mol. The van der Waals surface area contributed by atoms with Crippen LogP contribution in [0.15, 0.2) is 24.3 Å².